The molecule has 0 fully saturated rings. The van der Waals surface area contributed by atoms with Crippen molar-refractivity contribution in [2.45, 2.75) is 33.6 Å². The summed E-state index contributed by atoms with van der Waals surface area (Å²) in [5.41, 5.74) is 8.53. The molecule has 6 nitrogen and oxygen atoms in total. The van der Waals surface area contributed by atoms with E-state index in [0.29, 0.717) is 11.3 Å². The number of hydrogen-bond acceptors (Lipinski definition) is 4. The zero-order valence-corrected chi connectivity index (χ0v) is 17.3. The van der Waals surface area contributed by atoms with Gasteiger partial charge in [0.2, 0.25) is 0 Å². The van der Waals surface area contributed by atoms with Crippen molar-refractivity contribution in [2.24, 2.45) is 0 Å². The number of rotatable bonds is 5. The Hall–Kier alpha value is -2.93. The minimum Gasteiger partial charge on any atom is -0.483 e. The van der Waals surface area contributed by atoms with Gasteiger partial charge in [-0.25, -0.2) is 0 Å². The normalized spacial score (nSPS) is 10.3. The number of carbonyl (C=O) groups excluding carboxylic acids is 2. The molecule has 0 heterocycles. The molecule has 7 heteroatoms. The summed E-state index contributed by atoms with van der Waals surface area (Å²) in [5, 5.41) is 2.50. The Morgan fingerprint density at radius 1 is 1.00 bits per heavy atom. The van der Waals surface area contributed by atoms with E-state index < -0.39 is 5.91 Å². The molecule has 0 spiro atoms. The lowest BCUT2D eigenvalue weighted by atomic mass is 10.0. The fraction of sp³-hybridized carbons (Fsp3) is 0.286. The Morgan fingerprint density at radius 2 is 1.64 bits per heavy atom. The Balaban J connectivity index is 1.81. The van der Waals surface area contributed by atoms with Gasteiger partial charge in [0.05, 0.1) is 0 Å². The highest BCUT2D eigenvalue weighted by atomic mass is 32.1. The standard InChI is InChI=1S/C21H25N3O3S/c1-13(2)17-10-7-15(4)11-18(17)27-12-19(25)23-24-21(28)22-20(26)16-8-5-14(3)6-9-16/h5-11,13H,12H2,1-4H3,(H,23,25)(H2,22,24,26,28). The molecule has 0 saturated carbocycles. The van der Waals surface area contributed by atoms with Gasteiger partial charge in [0.1, 0.15) is 5.75 Å². The molecule has 2 amide bonds. The molecule has 0 unspecified atom stereocenters. The van der Waals surface area contributed by atoms with E-state index in [2.05, 4.69) is 30.0 Å². The number of ether oxygens (including phenoxy) is 1. The van der Waals surface area contributed by atoms with E-state index in [9.17, 15) is 9.59 Å². The van der Waals surface area contributed by atoms with Crippen LogP contribution in [-0.2, 0) is 4.79 Å². The SMILES string of the molecule is Cc1ccc(C(=O)NC(=S)NNC(=O)COc2cc(C)ccc2C(C)C)cc1. The van der Waals surface area contributed by atoms with E-state index in [1.807, 2.05) is 44.2 Å². The molecular weight excluding hydrogens is 374 g/mol. The van der Waals surface area contributed by atoms with Crippen molar-refractivity contribution in [3.8, 4) is 5.75 Å². The van der Waals surface area contributed by atoms with E-state index >= 15 is 0 Å². The van der Waals surface area contributed by atoms with Crippen LogP contribution in [-0.4, -0.2) is 23.5 Å². The second-order valence-corrected chi connectivity index (χ2v) is 7.22. The lowest BCUT2D eigenvalue weighted by molar-refractivity contribution is -0.123. The quantitative estimate of drug-likeness (QED) is 0.532. The monoisotopic (exact) mass is 399 g/mol. The van der Waals surface area contributed by atoms with Crippen molar-refractivity contribution in [3.05, 3.63) is 64.7 Å². The Morgan fingerprint density at radius 3 is 2.29 bits per heavy atom. The van der Waals surface area contributed by atoms with Gasteiger partial charge >= 0.3 is 0 Å². The highest BCUT2D eigenvalue weighted by Crippen LogP contribution is 2.27. The molecule has 2 aromatic rings. The fourth-order valence-electron chi connectivity index (χ4n) is 2.46. The number of benzene rings is 2. The first-order valence-electron chi connectivity index (χ1n) is 8.96. The van der Waals surface area contributed by atoms with Crippen LogP contribution in [0.15, 0.2) is 42.5 Å². The molecule has 0 atom stereocenters. The first-order chi connectivity index (χ1) is 13.3. The van der Waals surface area contributed by atoms with Gasteiger partial charge in [-0.3, -0.25) is 25.8 Å². The van der Waals surface area contributed by atoms with Gasteiger partial charge < -0.3 is 4.74 Å². The minimum absolute atomic E-state index is 0.00245. The summed E-state index contributed by atoms with van der Waals surface area (Å²) in [6.45, 7) is 7.85. The summed E-state index contributed by atoms with van der Waals surface area (Å²) in [7, 11) is 0. The van der Waals surface area contributed by atoms with E-state index in [1.54, 1.807) is 12.1 Å². The van der Waals surface area contributed by atoms with Crippen LogP contribution in [0.4, 0.5) is 0 Å². The van der Waals surface area contributed by atoms with Gasteiger partial charge in [0.15, 0.2) is 11.7 Å². The van der Waals surface area contributed by atoms with Crippen molar-refractivity contribution in [1.29, 1.82) is 0 Å². The first kappa shape index (κ1) is 21.4. The number of amides is 2. The predicted molar refractivity (Wildman–Crippen MR) is 113 cm³/mol. The highest BCUT2D eigenvalue weighted by Gasteiger charge is 2.11. The Bertz CT molecular complexity index is 864. The molecule has 28 heavy (non-hydrogen) atoms. The first-order valence-corrected chi connectivity index (χ1v) is 9.37. The summed E-state index contributed by atoms with van der Waals surface area (Å²) in [4.78, 5) is 24.1. The van der Waals surface area contributed by atoms with Gasteiger partial charge in [-0.15, -0.1) is 0 Å². The van der Waals surface area contributed by atoms with Crippen LogP contribution in [0, 0.1) is 13.8 Å². The topological polar surface area (TPSA) is 79.5 Å². The zero-order valence-electron chi connectivity index (χ0n) is 16.5. The van der Waals surface area contributed by atoms with E-state index in [0.717, 1.165) is 16.7 Å². The van der Waals surface area contributed by atoms with Crippen molar-refractivity contribution in [2.75, 3.05) is 6.61 Å². The summed E-state index contributed by atoms with van der Waals surface area (Å²) >= 11 is 5.03. The average Bonchev–Trinajstić information content (AvgIpc) is 2.65. The number of aryl methyl sites for hydroxylation is 2. The second kappa shape index (κ2) is 9.85. The summed E-state index contributed by atoms with van der Waals surface area (Å²) in [5.74, 6) is 0.189. The van der Waals surface area contributed by atoms with E-state index in [1.165, 1.54) is 0 Å². The van der Waals surface area contributed by atoms with Crippen LogP contribution in [0.25, 0.3) is 0 Å². The van der Waals surface area contributed by atoms with Crippen molar-refractivity contribution in [1.82, 2.24) is 16.2 Å². The molecule has 2 rings (SSSR count). The van der Waals surface area contributed by atoms with Crippen LogP contribution in [0.2, 0.25) is 0 Å². The Kier molecular flexibility index (Phi) is 7.52. The maximum Gasteiger partial charge on any atom is 0.276 e. The highest BCUT2D eigenvalue weighted by molar-refractivity contribution is 7.80. The van der Waals surface area contributed by atoms with Gasteiger partial charge in [0, 0.05) is 5.56 Å². The molecule has 0 aliphatic carbocycles. The number of nitrogens with one attached hydrogen (secondary N) is 3. The summed E-state index contributed by atoms with van der Waals surface area (Å²) < 4.78 is 5.65. The average molecular weight is 400 g/mol. The third-order valence-electron chi connectivity index (χ3n) is 4.01. The lowest BCUT2D eigenvalue weighted by Gasteiger charge is -2.15. The van der Waals surface area contributed by atoms with Crippen LogP contribution >= 0.6 is 12.2 Å². The molecule has 0 aliphatic heterocycles. The van der Waals surface area contributed by atoms with Gasteiger partial charge in [-0.1, -0.05) is 43.7 Å². The van der Waals surface area contributed by atoms with Crippen LogP contribution in [0.5, 0.6) is 5.75 Å². The molecule has 0 bridgehead atoms. The molecule has 0 saturated heterocycles. The maximum atomic E-state index is 12.1. The van der Waals surface area contributed by atoms with E-state index in [4.69, 9.17) is 17.0 Å². The predicted octanol–water partition coefficient (Wildman–Crippen LogP) is 3.14. The van der Waals surface area contributed by atoms with Crippen LogP contribution in [0.1, 0.15) is 46.8 Å². The number of hydrogen-bond donors (Lipinski definition) is 3. The number of thiocarbonyl (C=S) groups is 1. The smallest absolute Gasteiger partial charge is 0.276 e. The van der Waals surface area contributed by atoms with Crippen molar-refractivity contribution >= 4 is 29.1 Å². The van der Waals surface area contributed by atoms with Gasteiger partial charge in [-0.2, -0.15) is 0 Å². The third kappa shape index (κ3) is 6.35. The number of carbonyl (C=O) groups is 2. The molecule has 0 aliphatic rings. The molecular formula is C21H25N3O3S. The molecule has 3 N–H and O–H groups in total. The minimum atomic E-state index is -0.414. The Labute approximate surface area is 170 Å². The van der Waals surface area contributed by atoms with Crippen molar-refractivity contribution in [3.63, 3.8) is 0 Å². The molecule has 148 valence electrons. The fourth-order valence-corrected chi connectivity index (χ4v) is 2.60. The largest absolute Gasteiger partial charge is 0.483 e. The van der Waals surface area contributed by atoms with E-state index in [-0.39, 0.29) is 23.5 Å². The van der Waals surface area contributed by atoms with Gasteiger partial charge in [0.25, 0.3) is 11.8 Å². The van der Waals surface area contributed by atoms with Gasteiger partial charge in [-0.05, 0) is 61.3 Å². The second-order valence-electron chi connectivity index (χ2n) is 6.81. The molecule has 0 aromatic heterocycles. The summed E-state index contributed by atoms with van der Waals surface area (Å²) in [6.07, 6.45) is 0. The molecule has 0 radical (unpaired) electrons. The van der Waals surface area contributed by atoms with Crippen LogP contribution in [0.3, 0.4) is 0 Å². The lowest BCUT2D eigenvalue weighted by Crippen LogP contribution is -2.49. The maximum absolute atomic E-state index is 12.1. The zero-order chi connectivity index (χ0) is 20.7. The van der Waals surface area contributed by atoms with Crippen LogP contribution < -0.4 is 20.9 Å². The van der Waals surface area contributed by atoms with Crippen molar-refractivity contribution < 1.29 is 14.3 Å². The molecule has 2 aromatic carbocycles. The third-order valence-corrected chi connectivity index (χ3v) is 4.21. The summed E-state index contributed by atoms with van der Waals surface area (Å²) in [6, 6.07) is 13.0. The number of hydrazine groups is 1.